The maximum atomic E-state index is 12.0. The number of methoxy groups -OCH3 is 3. The van der Waals surface area contributed by atoms with Gasteiger partial charge in [0.2, 0.25) is 11.5 Å². The van der Waals surface area contributed by atoms with E-state index in [9.17, 15) is 10.1 Å². The van der Waals surface area contributed by atoms with E-state index in [0.717, 1.165) is 5.56 Å². The summed E-state index contributed by atoms with van der Waals surface area (Å²) in [6.07, 6.45) is 0. The lowest BCUT2D eigenvalue weighted by atomic mass is 9.83. The van der Waals surface area contributed by atoms with Gasteiger partial charge in [-0.1, -0.05) is 30.3 Å². The molecule has 0 N–H and O–H groups in total. The molecule has 0 bridgehead atoms. The lowest BCUT2D eigenvalue weighted by Crippen LogP contribution is -2.29. The van der Waals surface area contributed by atoms with Gasteiger partial charge in [-0.2, -0.15) is 0 Å². The number of rotatable bonds is 7. The minimum absolute atomic E-state index is 0.0100. The number of hydrogen-bond acceptors (Lipinski definition) is 6. The number of hydrogen-bond donors (Lipinski definition) is 0. The highest BCUT2D eigenvalue weighted by Gasteiger charge is 2.42. The summed E-state index contributed by atoms with van der Waals surface area (Å²) >= 11 is 0. The summed E-state index contributed by atoms with van der Waals surface area (Å²) in [6.45, 7) is 3.57. The Balaban J connectivity index is 3.01. The highest BCUT2D eigenvalue weighted by atomic mass is 28.2. The van der Waals surface area contributed by atoms with Crippen LogP contribution in [0.15, 0.2) is 30.3 Å². The molecule has 140 valence electrons. The zero-order valence-corrected chi connectivity index (χ0v) is 17.8. The fraction of sp³-hybridized carbons (Fsp3) is 0.333. The Morgan fingerprint density at radius 3 is 1.96 bits per heavy atom. The van der Waals surface area contributed by atoms with Crippen molar-refractivity contribution in [3.8, 4) is 17.2 Å². The van der Waals surface area contributed by atoms with Gasteiger partial charge in [-0.3, -0.25) is 10.1 Å². The minimum Gasteiger partial charge on any atom is -0.492 e. The van der Waals surface area contributed by atoms with Crippen molar-refractivity contribution in [1.82, 2.24) is 0 Å². The Bertz CT molecular complexity index is 811. The van der Waals surface area contributed by atoms with Crippen LogP contribution < -0.4 is 14.2 Å². The molecule has 1 atom stereocenters. The summed E-state index contributed by atoms with van der Waals surface area (Å²) in [6, 6.07) is 9.38. The molecule has 8 heteroatoms. The predicted molar refractivity (Wildman–Crippen MR) is 101 cm³/mol. The zero-order chi connectivity index (χ0) is 19.5. The standard InChI is InChI=1S/C18H23NO6Si/c1-11-13(18(2,25-26)12-9-7-6-8-10-12)14(19(20)21)16(23-4)17(24-5)15(11)22-3/h6-10H,1-5,26H3. The van der Waals surface area contributed by atoms with Crippen molar-refractivity contribution < 1.29 is 23.6 Å². The van der Waals surface area contributed by atoms with Crippen LogP contribution in [-0.2, 0) is 10.0 Å². The minimum atomic E-state index is -1.03. The van der Waals surface area contributed by atoms with E-state index in [2.05, 4.69) is 0 Å². The van der Waals surface area contributed by atoms with Gasteiger partial charge in [0.25, 0.3) is 0 Å². The lowest BCUT2D eigenvalue weighted by molar-refractivity contribution is -0.387. The van der Waals surface area contributed by atoms with E-state index >= 15 is 0 Å². The molecule has 0 saturated carbocycles. The van der Waals surface area contributed by atoms with Crippen molar-refractivity contribution in [3.05, 3.63) is 57.1 Å². The monoisotopic (exact) mass is 377 g/mol. The maximum Gasteiger partial charge on any atom is 0.321 e. The van der Waals surface area contributed by atoms with E-state index in [4.69, 9.17) is 18.6 Å². The molecular formula is C18H23NO6Si. The molecule has 0 spiro atoms. The lowest BCUT2D eigenvalue weighted by Gasteiger charge is -2.32. The quantitative estimate of drug-likeness (QED) is 0.419. The SMILES string of the molecule is COc1c(C)c(C(C)(O[SiH3])c2ccccc2)c([N+](=O)[O-])c(OC)c1OC. The third-order valence-electron chi connectivity index (χ3n) is 4.58. The van der Waals surface area contributed by atoms with Crippen LogP contribution in [0.1, 0.15) is 23.6 Å². The molecule has 0 aliphatic carbocycles. The Morgan fingerprint density at radius 1 is 1.00 bits per heavy atom. The van der Waals surface area contributed by atoms with Crippen molar-refractivity contribution >= 4 is 16.2 Å². The average Bonchev–Trinajstić information content (AvgIpc) is 2.66. The molecule has 1 unspecified atom stereocenters. The zero-order valence-electron chi connectivity index (χ0n) is 15.8. The Morgan fingerprint density at radius 2 is 1.54 bits per heavy atom. The van der Waals surface area contributed by atoms with E-state index in [-0.39, 0.29) is 17.2 Å². The first-order valence-corrected chi connectivity index (χ1v) is 8.77. The number of nitrogens with zero attached hydrogens (tertiary/aromatic N) is 1. The molecule has 0 saturated heterocycles. The first-order chi connectivity index (χ1) is 12.4. The van der Waals surface area contributed by atoms with Crippen molar-refractivity contribution in [2.24, 2.45) is 0 Å². The molecule has 0 fully saturated rings. The van der Waals surface area contributed by atoms with Gasteiger partial charge < -0.3 is 18.6 Å². The van der Waals surface area contributed by atoms with E-state index in [1.807, 2.05) is 37.3 Å². The third-order valence-corrected chi connectivity index (χ3v) is 5.40. The second-order valence-electron chi connectivity index (χ2n) is 5.81. The second-order valence-corrected chi connectivity index (χ2v) is 6.22. The predicted octanol–water partition coefficient (Wildman–Crippen LogP) is 2.49. The molecule has 0 aliphatic rings. The summed E-state index contributed by atoms with van der Waals surface area (Å²) in [4.78, 5) is 11.5. The summed E-state index contributed by atoms with van der Waals surface area (Å²) in [5, 5.41) is 12.0. The van der Waals surface area contributed by atoms with Crippen LogP contribution in [0.4, 0.5) is 5.69 Å². The molecule has 0 aliphatic heterocycles. The largest absolute Gasteiger partial charge is 0.492 e. The summed E-state index contributed by atoms with van der Waals surface area (Å²) in [7, 11) is 4.64. The van der Waals surface area contributed by atoms with Gasteiger partial charge in [-0.25, -0.2) is 0 Å². The molecule has 0 aromatic heterocycles. The van der Waals surface area contributed by atoms with E-state index in [0.29, 0.717) is 27.4 Å². The van der Waals surface area contributed by atoms with Crippen molar-refractivity contribution in [1.29, 1.82) is 0 Å². The number of nitro groups is 1. The van der Waals surface area contributed by atoms with Crippen LogP contribution in [0, 0.1) is 17.0 Å². The summed E-state index contributed by atoms with van der Waals surface area (Å²) < 4.78 is 22.1. The Labute approximate surface area is 155 Å². The van der Waals surface area contributed by atoms with Crippen molar-refractivity contribution in [2.45, 2.75) is 19.4 Å². The second kappa shape index (κ2) is 7.75. The maximum absolute atomic E-state index is 12.0. The van der Waals surface area contributed by atoms with Crippen molar-refractivity contribution in [3.63, 3.8) is 0 Å². The van der Waals surface area contributed by atoms with Crippen LogP contribution in [0.3, 0.4) is 0 Å². The molecule has 0 amide bonds. The fourth-order valence-electron chi connectivity index (χ4n) is 3.28. The molecule has 2 aromatic carbocycles. The van der Waals surface area contributed by atoms with Gasteiger partial charge >= 0.3 is 5.69 Å². The smallest absolute Gasteiger partial charge is 0.321 e. The normalized spacial score (nSPS) is 13.1. The molecule has 26 heavy (non-hydrogen) atoms. The van der Waals surface area contributed by atoms with Gasteiger partial charge in [0, 0.05) is 5.56 Å². The number of benzene rings is 2. The molecule has 0 radical (unpaired) electrons. The molecular weight excluding hydrogens is 354 g/mol. The average molecular weight is 377 g/mol. The molecule has 7 nitrogen and oxygen atoms in total. The van der Waals surface area contributed by atoms with E-state index in [1.54, 1.807) is 6.92 Å². The number of ether oxygens (including phenoxy) is 3. The van der Waals surface area contributed by atoms with Gasteiger partial charge in [-0.05, 0) is 19.4 Å². The fourth-order valence-corrected chi connectivity index (χ4v) is 3.72. The van der Waals surface area contributed by atoms with Crippen molar-refractivity contribution in [2.75, 3.05) is 21.3 Å². The Kier molecular flexibility index (Phi) is 5.89. The van der Waals surface area contributed by atoms with E-state index < -0.39 is 10.5 Å². The first-order valence-electron chi connectivity index (χ1n) is 7.95. The summed E-state index contributed by atoms with van der Waals surface area (Å²) in [5.74, 6) is 0.577. The van der Waals surface area contributed by atoms with Crippen LogP contribution >= 0.6 is 0 Å². The van der Waals surface area contributed by atoms with Gasteiger partial charge in [0.1, 0.15) is 16.1 Å². The van der Waals surface area contributed by atoms with Gasteiger partial charge in [0.15, 0.2) is 5.75 Å². The van der Waals surface area contributed by atoms with Crippen LogP contribution in [0.2, 0.25) is 0 Å². The Hall–Kier alpha value is -2.58. The topological polar surface area (TPSA) is 80.1 Å². The van der Waals surface area contributed by atoms with Crippen LogP contribution in [-0.4, -0.2) is 36.7 Å². The van der Waals surface area contributed by atoms with Gasteiger partial charge in [0.05, 0.1) is 31.8 Å². The molecule has 2 rings (SSSR count). The van der Waals surface area contributed by atoms with E-state index in [1.165, 1.54) is 21.3 Å². The molecule has 0 heterocycles. The molecule has 2 aromatic rings. The van der Waals surface area contributed by atoms with Crippen LogP contribution in [0.25, 0.3) is 0 Å². The number of nitro benzene ring substituents is 1. The van der Waals surface area contributed by atoms with Crippen LogP contribution in [0.5, 0.6) is 17.2 Å². The van der Waals surface area contributed by atoms with Gasteiger partial charge in [-0.15, -0.1) is 0 Å². The third kappa shape index (κ3) is 3.01. The summed E-state index contributed by atoms with van der Waals surface area (Å²) in [5.41, 5.74) is 0.532. The first kappa shape index (κ1) is 19.7. The highest BCUT2D eigenvalue weighted by Crippen LogP contribution is 2.53. The highest BCUT2D eigenvalue weighted by molar-refractivity contribution is 5.98.